The first-order valence-electron chi connectivity index (χ1n) is 8.91. The van der Waals surface area contributed by atoms with Crippen molar-refractivity contribution in [3.63, 3.8) is 0 Å². The van der Waals surface area contributed by atoms with Crippen LogP contribution in [0.1, 0.15) is 23.2 Å². The Morgan fingerprint density at radius 2 is 1.85 bits per heavy atom. The van der Waals surface area contributed by atoms with Crippen LogP contribution < -0.4 is 4.74 Å². The Bertz CT molecular complexity index is 897. The highest BCUT2D eigenvalue weighted by atomic mass is 32.2. The minimum atomic E-state index is -3.58. The highest BCUT2D eigenvalue weighted by Gasteiger charge is 2.27. The van der Waals surface area contributed by atoms with E-state index in [-0.39, 0.29) is 16.9 Å². The summed E-state index contributed by atoms with van der Waals surface area (Å²) in [6, 6.07) is 15.8. The second-order valence-electron chi connectivity index (χ2n) is 6.76. The molecule has 27 heavy (non-hydrogen) atoms. The van der Waals surface area contributed by atoms with Gasteiger partial charge in [-0.3, -0.25) is 4.79 Å². The number of hydrogen-bond acceptors (Lipinski definition) is 4. The second-order valence-corrected chi connectivity index (χ2v) is 8.91. The number of nitrogens with zero attached hydrogens (tertiary/aromatic N) is 2. The number of para-hydroxylation sites is 1. The third kappa shape index (κ3) is 4.48. The van der Waals surface area contributed by atoms with Crippen molar-refractivity contribution >= 4 is 15.9 Å². The summed E-state index contributed by atoms with van der Waals surface area (Å²) in [6.45, 7) is 1.12. The maximum absolute atomic E-state index is 12.9. The first-order valence-corrected chi connectivity index (χ1v) is 10.4. The van der Waals surface area contributed by atoms with E-state index in [1.165, 1.54) is 26.2 Å². The predicted molar refractivity (Wildman–Crippen MR) is 103 cm³/mol. The Balaban J connectivity index is 1.74. The summed E-state index contributed by atoms with van der Waals surface area (Å²) in [6.07, 6.45) is 1.66. The van der Waals surface area contributed by atoms with Gasteiger partial charge in [0.2, 0.25) is 10.0 Å². The summed E-state index contributed by atoms with van der Waals surface area (Å²) >= 11 is 0. The van der Waals surface area contributed by atoms with Crippen molar-refractivity contribution < 1.29 is 17.9 Å². The van der Waals surface area contributed by atoms with E-state index in [9.17, 15) is 13.2 Å². The SMILES string of the molecule is CN(C)S(=O)(=O)c1cccc(C(=O)N2CCCC(Oc3ccccc3)C2)c1. The number of hydrogen-bond donors (Lipinski definition) is 0. The number of likely N-dealkylation sites (tertiary alicyclic amines) is 1. The lowest BCUT2D eigenvalue weighted by atomic mass is 10.1. The van der Waals surface area contributed by atoms with Gasteiger partial charge < -0.3 is 9.64 Å². The fraction of sp³-hybridized carbons (Fsp3) is 0.350. The minimum Gasteiger partial charge on any atom is -0.489 e. The molecule has 1 heterocycles. The highest BCUT2D eigenvalue weighted by molar-refractivity contribution is 7.89. The monoisotopic (exact) mass is 388 g/mol. The van der Waals surface area contributed by atoms with Crippen molar-refractivity contribution in [2.75, 3.05) is 27.2 Å². The van der Waals surface area contributed by atoms with Crippen molar-refractivity contribution in [3.8, 4) is 5.75 Å². The van der Waals surface area contributed by atoms with Crippen LogP contribution >= 0.6 is 0 Å². The van der Waals surface area contributed by atoms with Gasteiger partial charge in [-0.05, 0) is 43.2 Å². The number of sulfonamides is 1. The van der Waals surface area contributed by atoms with E-state index in [2.05, 4.69) is 0 Å². The van der Waals surface area contributed by atoms with Gasteiger partial charge in [-0.2, -0.15) is 0 Å². The van der Waals surface area contributed by atoms with Gasteiger partial charge in [0.25, 0.3) is 5.91 Å². The third-order valence-electron chi connectivity index (χ3n) is 4.57. The molecule has 7 heteroatoms. The zero-order valence-corrected chi connectivity index (χ0v) is 16.4. The topological polar surface area (TPSA) is 66.9 Å². The van der Waals surface area contributed by atoms with Crippen molar-refractivity contribution in [2.24, 2.45) is 0 Å². The van der Waals surface area contributed by atoms with Crippen molar-refractivity contribution in [1.82, 2.24) is 9.21 Å². The zero-order valence-electron chi connectivity index (χ0n) is 15.5. The van der Waals surface area contributed by atoms with Crippen molar-refractivity contribution in [3.05, 3.63) is 60.2 Å². The number of rotatable bonds is 5. The van der Waals surface area contributed by atoms with Crippen LogP contribution in [0.3, 0.4) is 0 Å². The van der Waals surface area contributed by atoms with E-state index in [4.69, 9.17) is 4.74 Å². The summed E-state index contributed by atoms with van der Waals surface area (Å²) in [7, 11) is -0.633. The molecule has 0 aromatic heterocycles. The minimum absolute atomic E-state index is 0.0706. The van der Waals surface area contributed by atoms with E-state index < -0.39 is 10.0 Å². The molecule has 2 aromatic carbocycles. The number of benzene rings is 2. The first-order chi connectivity index (χ1) is 12.9. The Morgan fingerprint density at radius 1 is 1.11 bits per heavy atom. The quantitative estimate of drug-likeness (QED) is 0.790. The van der Waals surface area contributed by atoms with Gasteiger partial charge in [0.05, 0.1) is 11.4 Å². The molecule has 2 aromatic rings. The predicted octanol–water partition coefficient (Wildman–Crippen LogP) is 2.62. The molecular weight excluding hydrogens is 364 g/mol. The lowest BCUT2D eigenvalue weighted by Crippen LogP contribution is -2.44. The molecule has 1 fully saturated rings. The van der Waals surface area contributed by atoms with E-state index in [1.54, 1.807) is 17.0 Å². The normalized spacial score (nSPS) is 17.7. The van der Waals surface area contributed by atoms with Gasteiger partial charge in [0.1, 0.15) is 11.9 Å². The fourth-order valence-corrected chi connectivity index (χ4v) is 4.04. The van der Waals surface area contributed by atoms with Crippen LogP contribution in [0.2, 0.25) is 0 Å². The molecule has 3 rings (SSSR count). The summed E-state index contributed by atoms with van der Waals surface area (Å²) in [5, 5.41) is 0. The van der Waals surface area contributed by atoms with Crippen LogP contribution in [0.5, 0.6) is 5.75 Å². The van der Waals surface area contributed by atoms with Gasteiger partial charge in [-0.15, -0.1) is 0 Å². The Labute approximate surface area is 160 Å². The number of piperidine rings is 1. The molecule has 1 aliphatic heterocycles. The largest absolute Gasteiger partial charge is 0.489 e. The molecule has 0 radical (unpaired) electrons. The maximum atomic E-state index is 12.9. The van der Waals surface area contributed by atoms with E-state index >= 15 is 0 Å². The molecule has 1 aliphatic rings. The Hall–Kier alpha value is -2.38. The van der Waals surface area contributed by atoms with Crippen molar-refractivity contribution in [1.29, 1.82) is 0 Å². The summed E-state index contributed by atoms with van der Waals surface area (Å²) < 4.78 is 31.8. The number of carbonyl (C=O) groups is 1. The van der Waals surface area contributed by atoms with E-state index in [0.29, 0.717) is 18.7 Å². The highest BCUT2D eigenvalue weighted by Crippen LogP contribution is 2.21. The maximum Gasteiger partial charge on any atom is 0.254 e. The lowest BCUT2D eigenvalue weighted by Gasteiger charge is -2.33. The molecule has 0 bridgehead atoms. The van der Waals surface area contributed by atoms with Gasteiger partial charge in [-0.1, -0.05) is 24.3 Å². The van der Waals surface area contributed by atoms with E-state index in [0.717, 1.165) is 22.9 Å². The molecular formula is C20H24N2O4S. The van der Waals surface area contributed by atoms with Crippen LogP contribution in [-0.4, -0.2) is 56.8 Å². The van der Waals surface area contributed by atoms with Crippen LogP contribution in [0, 0.1) is 0 Å². The summed E-state index contributed by atoms with van der Waals surface area (Å²) in [5.74, 6) is 0.614. The Morgan fingerprint density at radius 3 is 2.56 bits per heavy atom. The van der Waals surface area contributed by atoms with Gasteiger partial charge >= 0.3 is 0 Å². The second kappa shape index (κ2) is 8.10. The van der Waals surface area contributed by atoms with Crippen LogP contribution in [0.25, 0.3) is 0 Å². The molecule has 1 saturated heterocycles. The fourth-order valence-electron chi connectivity index (χ4n) is 3.09. The summed E-state index contributed by atoms with van der Waals surface area (Å²) in [5.41, 5.74) is 0.373. The van der Waals surface area contributed by atoms with Crippen LogP contribution in [0.4, 0.5) is 0 Å². The molecule has 1 amide bonds. The molecule has 1 atom stereocenters. The van der Waals surface area contributed by atoms with Crippen LogP contribution in [-0.2, 0) is 10.0 Å². The lowest BCUT2D eigenvalue weighted by molar-refractivity contribution is 0.0537. The molecule has 1 unspecified atom stereocenters. The molecule has 0 aliphatic carbocycles. The van der Waals surface area contributed by atoms with Gasteiger partial charge in [0, 0.05) is 26.2 Å². The van der Waals surface area contributed by atoms with Crippen molar-refractivity contribution in [2.45, 2.75) is 23.8 Å². The molecule has 6 nitrogen and oxygen atoms in total. The number of carbonyl (C=O) groups excluding carboxylic acids is 1. The number of amides is 1. The first kappa shape index (κ1) is 19.4. The third-order valence-corrected chi connectivity index (χ3v) is 6.38. The average molecular weight is 388 g/mol. The smallest absolute Gasteiger partial charge is 0.254 e. The Kier molecular flexibility index (Phi) is 5.82. The van der Waals surface area contributed by atoms with Gasteiger partial charge in [-0.25, -0.2) is 12.7 Å². The number of ether oxygens (including phenoxy) is 1. The molecule has 0 N–H and O–H groups in total. The molecule has 0 spiro atoms. The summed E-state index contributed by atoms with van der Waals surface area (Å²) in [4.78, 5) is 14.8. The standard InChI is InChI=1S/C20H24N2O4S/c1-21(2)27(24,25)19-12-6-8-16(14-19)20(23)22-13-7-11-18(15-22)26-17-9-4-3-5-10-17/h3-6,8-10,12,14,18H,7,11,13,15H2,1-2H3. The van der Waals surface area contributed by atoms with Gasteiger partial charge in [0.15, 0.2) is 0 Å². The van der Waals surface area contributed by atoms with E-state index in [1.807, 2.05) is 30.3 Å². The molecule has 144 valence electrons. The van der Waals surface area contributed by atoms with Crippen LogP contribution in [0.15, 0.2) is 59.5 Å². The molecule has 0 saturated carbocycles. The zero-order chi connectivity index (χ0) is 19.4. The average Bonchev–Trinajstić information content (AvgIpc) is 2.68.